The van der Waals surface area contributed by atoms with Crippen molar-refractivity contribution >= 4 is 11.7 Å². The SMILES string of the molecule is CC.CNC(=O)C(=O)c1ccc(O)c(O)c1F. The molecular formula is C11H14FNO4. The van der Waals surface area contributed by atoms with E-state index in [4.69, 9.17) is 10.2 Å². The number of nitrogens with one attached hydrogen (secondary N) is 1. The van der Waals surface area contributed by atoms with Crippen LogP contribution in [-0.4, -0.2) is 29.0 Å². The molecule has 17 heavy (non-hydrogen) atoms. The normalized spacial score (nSPS) is 8.94. The Labute approximate surface area is 97.9 Å². The van der Waals surface area contributed by atoms with Crippen LogP contribution in [0.3, 0.4) is 0 Å². The molecule has 0 unspecified atom stereocenters. The molecule has 0 aromatic heterocycles. The van der Waals surface area contributed by atoms with Crippen LogP contribution >= 0.6 is 0 Å². The molecular weight excluding hydrogens is 229 g/mol. The van der Waals surface area contributed by atoms with E-state index in [-0.39, 0.29) is 0 Å². The van der Waals surface area contributed by atoms with Crippen LogP contribution in [0.15, 0.2) is 12.1 Å². The highest BCUT2D eigenvalue weighted by molar-refractivity contribution is 6.42. The van der Waals surface area contributed by atoms with Crippen molar-refractivity contribution in [2.75, 3.05) is 7.05 Å². The molecule has 1 rings (SSSR count). The van der Waals surface area contributed by atoms with Crippen molar-refractivity contribution in [1.29, 1.82) is 0 Å². The summed E-state index contributed by atoms with van der Waals surface area (Å²) >= 11 is 0. The maximum atomic E-state index is 13.2. The van der Waals surface area contributed by atoms with Gasteiger partial charge in [-0.1, -0.05) is 13.8 Å². The Hall–Kier alpha value is -2.11. The maximum Gasteiger partial charge on any atom is 0.292 e. The molecule has 1 amide bonds. The molecule has 3 N–H and O–H groups in total. The van der Waals surface area contributed by atoms with Gasteiger partial charge in [0.15, 0.2) is 17.3 Å². The maximum absolute atomic E-state index is 13.2. The molecule has 0 saturated carbocycles. The summed E-state index contributed by atoms with van der Waals surface area (Å²) in [7, 11) is 1.22. The molecule has 0 fully saturated rings. The minimum absolute atomic E-state index is 0.593. The lowest BCUT2D eigenvalue weighted by molar-refractivity contribution is -0.116. The summed E-state index contributed by atoms with van der Waals surface area (Å²) in [6, 6.07) is 1.84. The van der Waals surface area contributed by atoms with Crippen LogP contribution in [0.1, 0.15) is 24.2 Å². The van der Waals surface area contributed by atoms with Gasteiger partial charge < -0.3 is 15.5 Å². The average Bonchev–Trinajstić information content (AvgIpc) is 2.37. The van der Waals surface area contributed by atoms with Crippen LogP contribution < -0.4 is 5.32 Å². The second-order valence-corrected chi connectivity index (χ2v) is 2.70. The van der Waals surface area contributed by atoms with Crippen LogP contribution in [0.2, 0.25) is 0 Å². The van der Waals surface area contributed by atoms with Crippen molar-refractivity contribution in [3.63, 3.8) is 0 Å². The predicted octanol–water partition coefficient (Wildman–Crippen LogP) is 1.19. The number of halogens is 1. The number of benzene rings is 1. The Morgan fingerprint density at radius 1 is 1.24 bits per heavy atom. The van der Waals surface area contributed by atoms with E-state index in [2.05, 4.69) is 0 Å². The average molecular weight is 243 g/mol. The van der Waals surface area contributed by atoms with Crippen LogP contribution in [0.5, 0.6) is 11.5 Å². The van der Waals surface area contributed by atoms with Gasteiger partial charge in [0.05, 0.1) is 5.56 Å². The molecule has 6 heteroatoms. The zero-order chi connectivity index (χ0) is 13.6. The molecule has 0 aliphatic carbocycles. The molecule has 0 heterocycles. The van der Waals surface area contributed by atoms with E-state index in [0.29, 0.717) is 0 Å². The minimum Gasteiger partial charge on any atom is -0.504 e. The van der Waals surface area contributed by atoms with Gasteiger partial charge in [-0.15, -0.1) is 0 Å². The Morgan fingerprint density at radius 2 is 1.76 bits per heavy atom. The van der Waals surface area contributed by atoms with Crippen molar-refractivity contribution < 1.29 is 24.2 Å². The van der Waals surface area contributed by atoms with Gasteiger partial charge in [0.2, 0.25) is 0 Å². The molecule has 0 saturated heterocycles. The molecule has 0 bridgehead atoms. The van der Waals surface area contributed by atoms with Gasteiger partial charge in [-0.25, -0.2) is 4.39 Å². The monoisotopic (exact) mass is 243 g/mol. The van der Waals surface area contributed by atoms with Gasteiger partial charge >= 0.3 is 0 Å². The molecule has 5 nitrogen and oxygen atoms in total. The first kappa shape index (κ1) is 14.9. The summed E-state index contributed by atoms with van der Waals surface area (Å²) < 4.78 is 13.2. The lowest BCUT2D eigenvalue weighted by atomic mass is 10.1. The molecule has 0 aliphatic rings. The minimum atomic E-state index is -1.32. The molecule has 0 aliphatic heterocycles. The Kier molecular flexibility index (Phi) is 5.66. The number of likely N-dealkylation sites (N-methyl/N-ethyl adjacent to an activating group) is 1. The Bertz CT molecular complexity index is 432. The molecule has 0 radical (unpaired) electrons. The fraction of sp³-hybridized carbons (Fsp3) is 0.273. The van der Waals surface area contributed by atoms with Crippen molar-refractivity contribution in [1.82, 2.24) is 5.32 Å². The second-order valence-electron chi connectivity index (χ2n) is 2.70. The number of ketones is 1. The first-order valence-corrected chi connectivity index (χ1v) is 4.96. The largest absolute Gasteiger partial charge is 0.504 e. The second kappa shape index (κ2) is 6.47. The fourth-order valence-electron chi connectivity index (χ4n) is 0.966. The highest BCUT2D eigenvalue weighted by atomic mass is 19.1. The van der Waals surface area contributed by atoms with E-state index >= 15 is 0 Å². The molecule has 0 atom stereocenters. The van der Waals surface area contributed by atoms with E-state index in [1.54, 1.807) is 0 Å². The molecule has 94 valence electrons. The smallest absolute Gasteiger partial charge is 0.292 e. The highest BCUT2D eigenvalue weighted by Crippen LogP contribution is 2.29. The van der Waals surface area contributed by atoms with Crippen molar-refractivity contribution in [2.45, 2.75) is 13.8 Å². The molecule has 1 aromatic rings. The third-order valence-electron chi connectivity index (χ3n) is 1.77. The number of aromatic hydroxyl groups is 2. The van der Waals surface area contributed by atoms with Crippen LogP contribution in [-0.2, 0) is 4.79 Å². The number of rotatable bonds is 2. The van der Waals surface area contributed by atoms with Gasteiger partial charge in [-0.3, -0.25) is 9.59 Å². The van der Waals surface area contributed by atoms with Gasteiger partial charge in [0.25, 0.3) is 11.7 Å². The number of phenols is 2. The van der Waals surface area contributed by atoms with Gasteiger partial charge in [0.1, 0.15) is 0 Å². The summed E-state index contributed by atoms with van der Waals surface area (Å²) in [5.74, 6) is -5.18. The van der Waals surface area contributed by atoms with Crippen LogP contribution in [0.25, 0.3) is 0 Å². The van der Waals surface area contributed by atoms with Gasteiger partial charge in [-0.2, -0.15) is 0 Å². The fourth-order valence-corrected chi connectivity index (χ4v) is 0.966. The van der Waals surface area contributed by atoms with E-state index < -0.39 is 34.6 Å². The predicted molar refractivity (Wildman–Crippen MR) is 59.5 cm³/mol. The van der Waals surface area contributed by atoms with E-state index in [1.165, 1.54) is 7.05 Å². The Morgan fingerprint density at radius 3 is 2.24 bits per heavy atom. The lowest BCUT2D eigenvalue weighted by Crippen LogP contribution is -2.28. The molecule has 1 aromatic carbocycles. The van der Waals surface area contributed by atoms with Gasteiger partial charge in [-0.05, 0) is 12.1 Å². The van der Waals surface area contributed by atoms with Crippen molar-refractivity contribution in [3.05, 3.63) is 23.5 Å². The third kappa shape index (κ3) is 3.17. The summed E-state index contributed by atoms with van der Waals surface area (Å²) in [6.45, 7) is 4.00. The number of hydrogen-bond donors (Lipinski definition) is 3. The standard InChI is InChI=1S/C9H8FNO4.C2H6/c1-11-9(15)7(13)4-2-3-5(12)8(14)6(4)10;1-2/h2-3,12,14H,1H3,(H,11,15);1-2H3. The summed E-state index contributed by atoms with van der Waals surface area (Å²) in [6.07, 6.45) is 0. The van der Waals surface area contributed by atoms with E-state index in [0.717, 1.165) is 12.1 Å². The van der Waals surface area contributed by atoms with Crippen LogP contribution in [0, 0.1) is 5.82 Å². The number of hydrogen-bond acceptors (Lipinski definition) is 4. The highest BCUT2D eigenvalue weighted by Gasteiger charge is 2.22. The number of carbonyl (C=O) groups excluding carboxylic acids is 2. The van der Waals surface area contributed by atoms with Gasteiger partial charge in [0, 0.05) is 7.05 Å². The number of Topliss-reactive ketones (excluding diaryl/α,β-unsaturated/α-hetero) is 1. The van der Waals surface area contributed by atoms with E-state index in [9.17, 15) is 14.0 Å². The van der Waals surface area contributed by atoms with Crippen LogP contribution in [0.4, 0.5) is 4.39 Å². The molecule has 0 spiro atoms. The van der Waals surface area contributed by atoms with Crippen molar-refractivity contribution in [2.24, 2.45) is 0 Å². The Balaban J connectivity index is 0.00000121. The number of amides is 1. The number of carbonyl (C=O) groups is 2. The zero-order valence-corrected chi connectivity index (χ0v) is 9.74. The first-order valence-electron chi connectivity index (χ1n) is 4.96. The van der Waals surface area contributed by atoms with Crippen molar-refractivity contribution in [3.8, 4) is 11.5 Å². The lowest BCUT2D eigenvalue weighted by Gasteiger charge is -2.04. The zero-order valence-electron chi connectivity index (χ0n) is 9.74. The summed E-state index contributed by atoms with van der Waals surface area (Å²) in [4.78, 5) is 22.1. The quantitative estimate of drug-likeness (QED) is 0.413. The number of phenolic OH excluding ortho intramolecular Hbond substituents is 2. The summed E-state index contributed by atoms with van der Waals surface area (Å²) in [5.41, 5.74) is -0.593. The third-order valence-corrected chi connectivity index (χ3v) is 1.77. The topological polar surface area (TPSA) is 86.6 Å². The van der Waals surface area contributed by atoms with E-state index in [1.807, 2.05) is 19.2 Å². The summed E-state index contributed by atoms with van der Waals surface area (Å²) in [5, 5.41) is 19.9. The first-order chi connectivity index (χ1) is 7.99.